The molecule has 0 radical (unpaired) electrons. The molecular formula is C32H39FN8O3. The van der Waals surface area contributed by atoms with E-state index in [1.807, 2.05) is 40.7 Å². The predicted octanol–water partition coefficient (Wildman–Crippen LogP) is 4.88. The van der Waals surface area contributed by atoms with Crippen molar-refractivity contribution in [2.75, 3.05) is 12.4 Å². The number of nitrogens with zero attached hydrogens (tertiary/aromatic N) is 7. The number of aliphatic hydroxyl groups is 1. The van der Waals surface area contributed by atoms with E-state index < -0.39 is 17.2 Å². The third-order valence-corrected chi connectivity index (χ3v) is 7.35. The maximum absolute atomic E-state index is 14.1. The van der Waals surface area contributed by atoms with Gasteiger partial charge in [0.15, 0.2) is 0 Å². The van der Waals surface area contributed by atoms with E-state index in [1.54, 1.807) is 19.2 Å². The van der Waals surface area contributed by atoms with Crippen molar-refractivity contribution in [3.63, 3.8) is 0 Å². The molecule has 0 fully saturated rings. The molecule has 1 aromatic carbocycles. The zero-order chi connectivity index (χ0) is 32.6. The average Bonchev–Trinajstić information content (AvgIpc) is 3.01. The van der Waals surface area contributed by atoms with Crippen molar-refractivity contribution >= 4 is 17.4 Å². The maximum atomic E-state index is 14.1. The molecule has 0 bridgehead atoms. The maximum Gasteiger partial charge on any atom is 0.355 e. The Bertz CT molecular complexity index is 1720. The second-order valence-electron chi connectivity index (χ2n) is 10.5. The number of hydrazone groups is 1. The fourth-order valence-corrected chi connectivity index (χ4v) is 4.26. The molecule has 0 spiro atoms. The minimum Gasteiger partial charge on any atom is -0.506 e. The summed E-state index contributed by atoms with van der Waals surface area (Å²) in [5.74, 6) is -1.06. The van der Waals surface area contributed by atoms with E-state index in [0.29, 0.717) is 23.4 Å². The second-order valence-corrected chi connectivity index (χ2v) is 10.5. The first-order valence-electron chi connectivity index (χ1n) is 14.4. The number of hydrogen-bond donors (Lipinski definition) is 2. The largest absolute Gasteiger partial charge is 0.506 e. The number of aliphatic hydroxyl groups excluding tert-OH is 1. The number of hydrogen-bond acceptors (Lipinski definition) is 9. The molecule has 0 saturated carbocycles. The van der Waals surface area contributed by atoms with Gasteiger partial charge in [-0.1, -0.05) is 39.5 Å². The van der Waals surface area contributed by atoms with Gasteiger partial charge < -0.3 is 10.4 Å². The Morgan fingerprint density at radius 3 is 2.59 bits per heavy atom. The first-order valence-corrected chi connectivity index (χ1v) is 14.4. The normalized spacial score (nSPS) is 16.6. The van der Waals surface area contributed by atoms with Gasteiger partial charge in [0.25, 0.3) is 0 Å². The average molecular weight is 603 g/mol. The molecule has 2 N–H and O–H groups in total. The van der Waals surface area contributed by atoms with Crippen molar-refractivity contribution in [1.29, 1.82) is 5.26 Å². The van der Waals surface area contributed by atoms with Gasteiger partial charge in [0.05, 0.1) is 35.8 Å². The lowest BCUT2D eigenvalue weighted by Gasteiger charge is -2.21. The third kappa shape index (κ3) is 7.86. The van der Waals surface area contributed by atoms with Crippen molar-refractivity contribution in [2.45, 2.75) is 66.6 Å². The summed E-state index contributed by atoms with van der Waals surface area (Å²) < 4.78 is 16.3. The number of anilines is 1. The summed E-state index contributed by atoms with van der Waals surface area (Å²) in [5.41, 5.74) is 0.797. The lowest BCUT2D eigenvalue weighted by Crippen LogP contribution is -2.45. The number of halogens is 1. The van der Waals surface area contributed by atoms with Crippen LogP contribution in [0.5, 0.6) is 0 Å². The van der Waals surface area contributed by atoms with Crippen LogP contribution in [0.15, 0.2) is 85.9 Å². The van der Waals surface area contributed by atoms with Crippen LogP contribution in [0.1, 0.15) is 58.6 Å². The van der Waals surface area contributed by atoms with Crippen molar-refractivity contribution in [2.24, 2.45) is 16.0 Å². The molecule has 2 atom stereocenters. The van der Waals surface area contributed by atoms with Gasteiger partial charge in [-0.05, 0) is 62.0 Å². The van der Waals surface area contributed by atoms with Crippen molar-refractivity contribution in [3.8, 4) is 6.07 Å². The fourth-order valence-electron chi connectivity index (χ4n) is 4.26. The highest BCUT2D eigenvalue weighted by atomic mass is 19.1. The number of allylic oxidation sites excluding steroid dienone is 4. The van der Waals surface area contributed by atoms with Crippen LogP contribution >= 0.6 is 0 Å². The molecule has 0 amide bonds. The molecule has 3 rings (SSSR count). The van der Waals surface area contributed by atoms with Gasteiger partial charge in [-0.2, -0.15) is 15.3 Å². The Labute approximate surface area is 256 Å². The highest BCUT2D eigenvalue weighted by molar-refractivity contribution is 6.12. The van der Waals surface area contributed by atoms with Crippen LogP contribution in [-0.4, -0.2) is 48.7 Å². The van der Waals surface area contributed by atoms with Gasteiger partial charge >= 0.3 is 11.4 Å². The molecule has 2 unspecified atom stereocenters. The van der Waals surface area contributed by atoms with Crippen LogP contribution in [0.4, 0.5) is 10.3 Å². The molecule has 1 aromatic heterocycles. The van der Waals surface area contributed by atoms with Crippen LogP contribution in [0.2, 0.25) is 0 Å². The summed E-state index contributed by atoms with van der Waals surface area (Å²) in [6, 6.07) is 5.76. The topological polar surface area (TPSA) is 141 Å². The Hall–Kier alpha value is -5.05. The number of benzene rings is 1. The predicted molar refractivity (Wildman–Crippen MR) is 171 cm³/mol. The molecular weight excluding hydrogens is 563 g/mol. The third-order valence-electron chi connectivity index (χ3n) is 7.35. The van der Waals surface area contributed by atoms with E-state index in [4.69, 9.17) is 0 Å². The van der Waals surface area contributed by atoms with Gasteiger partial charge in [0, 0.05) is 25.4 Å². The van der Waals surface area contributed by atoms with Gasteiger partial charge in [-0.25, -0.2) is 18.5 Å². The van der Waals surface area contributed by atoms with Crippen molar-refractivity contribution in [1.82, 2.24) is 19.1 Å². The first kappa shape index (κ1) is 33.5. The summed E-state index contributed by atoms with van der Waals surface area (Å²) in [4.78, 5) is 36.2. The molecule has 44 heavy (non-hydrogen) atoms. The number of nitriles is 1. The standard InChI is InChI=1S/C32H39FN8O3/c1-8-20(5)28(38-39(7)11-4)19-41-31(43)37-30(40(32(41)44)18-22-12-13-25(33)24(14-22)17-34)36-27-15-23(10-3)26(16-29(27)42)35-21(6)9-2/h10-16,20-21,42H,4,8-9,18-19H2,1-3,5-7H3,(H,36,37,43)/b23-10-,35-26-,38-28-. The Morgan fingerprint density at radius 1 is 1.25 bits per heavy atom. The smallest absolute Gasteiger partial charge is 0.355 e. The summed E-state index contributed by atoms with van der Waals surface area (Å²) in [7, 11) is 1.69. The quantitative estimate of drug-likeness (QED) is 0.261. The molecule has 1 aliphatic rings. The zero-order valence-corrected chi connectivity index (χ0v) is 26.0. The van der Waals surface area contributed by atoms with Gasteiger partial charge in [-0.3, -0.25) is 14.6 Å². The molecule has 11 nitrogen and oxygen atoms in total. The minimum absolute atomic E-state index is 0.0375. The van der Waals surface area contributed by atoms with E-state index in [0.717, 1.165) is 22.6 Å². The van der Waals surface area contributed by atoms with E-state index in [9.17, 15) is 24.3 Å². The lowest BCUT2D eigenvalue weighted by molar-refractivity contribution is 0.424. The van der Waals surface area contributed by atoms with Gasteiger partial charge in [0.1, 0.15) is 17.6 Å². The summed E-state index contributed by atoms with van der Waals surface area (Å²) in [6.07, 6.45) is 8.04. The molecule has 2 aromatic rings. The summed E-state index contributed by atoms with van der Waals surface area (Å²) >= 11 is 0. The fraction of sp³-hybridized carbons (Fsp3) is 0.375. The summed E-state index contributed by atoms with van der Waals surface area (Å²) in [5, 5.41) is 29.2. The SMILES string of the molecule is C=CN(C)/N=C(/Cn1c(=O)nc(NC2=CC(=C/C)/C(=N\C(C)CC)C=C2O)n(Cc2ccc(F)c(C#N)c2)c1=O)C(C)CC. The van der Waals surface area contributed by atoms with Gasteiger partial charge in [-0.15, -0.1) is 0 Å². The van der Waals surface area contributed by atoms with Crippen LogP contribution < -0.4 is 16.7 Å². The van der Waals surface area contributed by atoms with Crippen LogP contribution in [-0.2, 0) is 13.1 Å². The Balaban J connectivity index is 2.19. The molecule has 232 valence electrons. The van der Waals surface area contributed by atoms with E-state index in [1.165, 1.54) is 34.0 Å². The number of rotatable bonds is 12. The van der Waals surface area contributed by atoms with Crippen LogP contribution in [0.3, 0.4) is 0 Å². The molecule has 0 aliphatic heterocycles. The van der Waals surface area contributed by atoms with Crippen molar-refractivity contribution < 1.29 is 9.50 Å². The van der Waals surface area contributed by atoms with E-state index >= 15 is 0 Å². The van der Waals surface area contributed by atoms with E-state index in [-0.39, 0.29) is 48.0 Å². The van der Waals surface area contributed by atoms with Crippen LogP contribution in [0, 0.1) is 23.1 Å². The van der Waals surface area contributed by atoms with Gasteiger partial charge in [0.2, 0.25) is 5.95 Å². The number of aliphatic imine (C=N–C) groups is 1. The highest BCUT2D eigenvalue weighted by Gasteiger charge is 2.22. The zero-order valence-electron chi connectivity index (χ0n) is 26.0. The summed E-state index contributed by atoms with van der Waals surface area (Å²) in [6.45, 7) is 13.2. The minimum atomic E-state index is -0.826. The number of aromatic nitrogens is 3. The lowest BCUT2D eigenvalue weighted by atomic mass is 10.0. The molecule has 1 aliphatic carbocycles. The second kappa shape index (κ2) is 14.9. The van der Waals surface area contributed by atoms with E-state index in [2.05, 4.69) is 27.0 Å². The monoisotopic (exact) mass is 602 g/mol. The number of nitrogens with one attached hydrogen (secondary N) is 1. The Morgan fingerprint density at radius 2 is 1.98 bits per heavy atom. The first-order chi connectivity index (χ1) is 20.9. The van der Waals surface area contributed by atoms with Crippen molar-refractivity contribution in [3.05, 3.63) is 104 Å². The Kier molecular flexibility index (Phi) is 11.3. The molecule has 12 heteroatoms. The molecule has 1 heterocycles. The molecule has 0 saturated heterocycles. The van der Waals surface area contributed by atoms with Crippen LogP contribution in [0.25, 0.3) is 0 Å². The highest BCUT2D eigenvalue weighted by Crippen LogP contribution is 2.22.